The highest BCUT2D eigenvalue weighted by Crippen LogP contribution is 2.41. The number of Topliss-reactive ketones (excluding diaryl/α,β-unsaturated/α-hetero) is 1. The number of para-hydroxylation sites is 1. The lowest BCUT2D eigenvalue weighted by molar-refractivity contribution is -0.129. The molecule has 0 saturated carbocycles. The maximum Gasteiger partial charge on any atom is 0.220 e. The molecule has 0 spiro atoms. The van der Waals surface area contributed by atoms with Gasteiger partial charge in [-0.25, -0.2) is 4.68 Å². The Kier molecular flexibility index (Phi) is 3.98. The van der Waals surface area contributed by atoms with Crippen molar-refractivity contribution in [2.24, 2.45) is 5.41 Å². The Morgan fingerprint density at radius 1 is 1.19 bits per heavy atom. The minimum Gasteiger partial charge on any atom is -0.334 e. The van der Waals surface area contributed by atoms with Crippen molar-refractivity contribution in [3.8, 4) is 5.69 Å². The lowest BCUT2D eigenvalue weighted by Gasteiger charge is -2.30. The third kappa shape index (κ3) is 2.75. The Labute approximate surface area is 154 Å². The fourth-order valence-electron chi connectivity index (χ4n) is 4.42. The molecule has 1 aliphatic heterocycles. The highest BCUT2D eigenvalue weighted by molar-refractivity contribution is 6.00. The van der Waals surface area contributed by atoms with E-state index < -0.39 is 0 Å². The number of nitrogens with zero attached hydrogens (tertiary/aromatic N) is 3. The van der Waals surface area contributed by atoms with E-state index in [0.29, 0.717) is 6.42 Å². The van der Waals surface area contributed by atoms with Crippen LogP contribution >= 0.6 is 0 Å². The largest absolute Gasteiger partial charge is 0.334 e. The van der Waals surface area contributed by atoms with Crippen LogP contribution in [0.1, 0.15) is 67.8 Å². The van der Waals surface area contributed by atoms with Gasteiger partial charge in [-0.1, -0.05) is 32.0 Å². The smallest absolute Gasteiger partial charge is 0.220 e. The van der Waals surface area contributed by atoms with Crippen LogP contribution in [-0.4, -0.2) is 32.9 Å². The summed E-state index contributed by atoms with van der Waals surface area (Å²) in [5, 5.41) is 4.89. The number of hydrogen-bond acceptors (Lipinski definition) is 3. The first-order valence-corrected chi connectivity index (χ1v) is 9.35. The lowest BCUT2D eigenvalue weighted by Crippen LogP contribution is -2.31. The SMILES string of the molecule is CC(=O)N1CCC[C@H]1c1nn(-c2ccccc2)c2c1C(=O)CC(C)(C)C2. The number of hydrogen-bond donors (Lipinski definition) is 0. The molecular weight excluding hydrogens is 326 g/mol. The molecule has 2 aromatic rings. The molecule has 0 N–H and O–H groups in total. The molecule has 1 atom stereocenters. The van der Waals surface area contributed by atoms with E-state index in [1.165, 1.54) is 0 Å². The fourth-order valence-corrected chi connectivity index (χ4v) is 4.42. The topological polar surface area (TPSA) is 55.2 Å². The van der Waals surface area contributed by atoms with Crippen LogP contribution in [0.4, 0.5) is 0 Å². The lowest BCUT2D eigenvalue weighted by atomic mass is 9.75. The zero-order chi connectivity index (χ0) is 18.5. The third-order valence-corrected chi connectivity index (χ3v) is 5.55. The van der Waals surface area contributed by atoms with Gasteiger partial charge in [0, 0.05) is 19.9 Å². The van der Waals surface area contributed by atoms with Crippen molar-refractivity contribution in [2.75, 3.05) is 6.54 Å². The van der Waals surface area contributed by atoms with E-state index in [-0.39, 0.29) is 23.1 Å². The summed E-state index contributed by atoms with van der Waals surface area (Å²) >= 11 is 0. The van der Waals surface area contributed by atoms with Crippen molar-refractivity contribution >= 4 is 11.7 Å². The molecule has 1 aliphatic carbocycles. The van der Waals surface area contributed by atoms with Gasteiger partial charge in [0.25, 0.3) is 0 Å². The standard InChI is InChI=1S/C21H25N3O2/c1-14(25)23-11-7-10-16(23)20-19-17(12-21(2,3)13-18(19)26)24(22-20)15-8-5-4-6-9-15/h4-6,8-9,16H,7,10-13H2,1-3H3/t16-/m0/s1. The number of aromatic nitrogens is 2. The van der Waals surface area contributed by atoms with Crippen LogP contribution in [0, 0.1) is 5.41 Å². The second-order valence-corrected chi connectivity index (χ2v) is 8.27. The maximum absolute atomic E-state index is 13.0. The van der Waals surface area contributed by atoms with E-state index in [4.69, 9.17) is 5.10 Å². The first kappa shape index (κ1) is 17.0. The van der Waals surface area contributed by atoms with Crippen LogP contribution < -0.4 is 0 Å². The summed E-state index contributed by atoms with van der Waals surface area (Å²) in [5.74, 6) is 0.211. The summed E-state index contributed by atoms with van der Waals surface area (Å²) in [7, 11) is 0. The van der Waals surface area contributed by atoms with Crippen LogP contribution in [0.3, 0.4) is 0 Å². The number of carbonyl (C=O) groups is 2. The molecule has 5 heteroatoms. The number of amides is 1. The molecule has 1 amide bonds. The van der Waals surface area contributed by atoms with E-state index in [9.17, 15) is 9.59 Å². The molecule has 1 aromatic heterocycles. The summed E-state index contributed by atoms with van der Waals surface area (Å²) < 4.78 is 1.93. The minimum atomic E-state index is -0.0867. The molecular formula is C21H25N3O2. The van der Waals surface area contributed by atoms with Gasteiger partial charge in [0.1, 0.15) is 0 Å². The van der Waals surface area contributed by atoms with Crippen LogP contribution in [-0.2, 0) is 11.2 Å². The molecule has 5 nitrogen and oxygen atoms in total. The van der Waals surface area contributed by atoms with Crippen molar-refractivity contribution in [3.63, 3.8) is 0 Å². The quantitative estimate of drug-likeness (QED) is 0.829. The Balaban J connectivity index is 1.90. The summed E-state index contributed by atoms with van der Waals surface area (Å²) in [6.07, 6.45) is 3.16. The van der Waals surface area contributed by atoms with Gasteiger partial charge in [0.05, 0.1) is 28.7 Å². The van der Waals surface area contributed by atoms with Gasteiger partial charge in [0.15, 0.2) is 5.78 Å². The number of carbonyl (C=O) groups excluding carboxylic acids is 2. The summed E-state index contributed by atoms with van der Waals surface area (Å²) in [6, 6.07) is 9.88. The van der Waals surface area contributed by atoms with Crippen LogP contribution in [0.5, 0.6) is 0 Å². The second kappa shape index (κ2) is 6.08. The number of ketones is 1. The molecule has 1 saturated heterocycles. The van der Waals surface area contributed by atoms with Gasteiger partial charge in [-0.3, -0.25) is 9.59 Å². The summed E-state index contributed by atoms with van der Waals surface area (Å²) in [4.78, 5) is 27.0. The van der Waals surface area contributed by atoms with Crippen LogP contribution in [0.15, 0.2) is 30.3 Å². The number of rotatable bonds is 2. The van der Waals surface area contributed by atoms with Gasteiger partial charge in [-0.15, -0.1) is 0 Å². The molecule has 26 heavy (non-hydrogen) atoms. The van der Waals surface area contributed by atoms with E-state index >= 15 is 0 Å². The van der Waals surface area contributed by atoms with Gasteiger partial charge in [-0.05, 0) is 36.8 Å². The first-order chi connectivity index (χ1) is 12.4. The normalized spacial score (nSPS) is 21.7. The Hall–Kier alpha value is -2.43. The van der Waals surface area contributed by atoms with Gasteiger partial charge < -0.3 is 4.90 Å². The van der Waals surface area contributed by atoms with Crippen molar-refractivity contribution in [3.05, 3.63) is 47.3 Å². The number of fused-ring (bicyclic) bond motifs is 1. The highest BCUT2D eigenvalue weighted by atomic mass is 16.2. The average Bonchev–Trinajstić information content (AvgIpc) is 3.19. The Bertz CT molecular complexity index is 867. The van der Waals surface area contributed by atoms with E-state index in [0.717, 1.165) is 48.4 Å². The molecule has 1 aromatic carbocycles. The highest BCUT2D eigenvalue weighted by Gasteiger charge is 2.41. The molecule has 2 heterocycles. The Morgan fingerprint density at radius 2 is 1.92 bits per heavy atom. The molecule has 0 unspecified atom stereocenters. The predicted molar refractivity (Wildman–Crippen MR) is 99.4 cm³/mol. The van der Waals surface area contributed by atoms with Gasteiger partial charge in [-0.2, -0.15) is 5.10 Å². The molecule has 136 valence electrons. The van der Waals surface area contributed by atoms with E-state index in [1.807, 2.05) is 39.9 Å². The maximum atomic E-state index is 13.0. The van der Waals surface area contributed by atoms with Gasteiger partial charge >= 0.3 is 0 Å². The Morgan fingerprint density at radius 3 is 2.62 bits per heavy atom. The first-order valence-electron chi connectivity index (χ1n) is 9.35. The molecule has 0 radical (unpaired) electrons. The number of benzene rings is 1. The minimum absolute atomic E-state index is 0.0547. The fraction of sp³-hybridized carbons (Fsp3) is 0.476. The summed E-state index contributed by atoms with van der Waals surface area (Å²) in [5.41, 5.74) is 3.42. The average molecular weight is 351 g/mol. The molecule has 2 aliphatic rings. The molecule has 4 rings (SSSR count). The zero-order valence-electron chi connectivity index (χ0n) is 15.7. The summed E-state index contributed by atoms with van der Waals surface area (Å²) in [6.45, 7) is 6.61. The molecule has 1 fully saturated rings. The monoisotopic (exact) mass is 351 g/mol. The zero-order valence-corrected chi connectivity index (χ0v) is 15.7. The number of likely N-dealkylation sites (tertiary alicyclic amines) is 1. The van der Waals surface area contributed by atoms with E-state index in [1.54, 1.807) is 6.92 Å². The molecule has 0 bridgehead atoms. The third-order valence-electron chi connectivity index (χ3n) is 5.55. The second-order valence-electron chi connectivity index (χ2n) is 8.27. The van der Waals surface area contributed by atoms with Crippen LogP contribution in [0.2, 0.25) is 0 Å². The van der Waals surface area contributed by atoms with Crippen molar-refractivity contribution < 1.29 is 9.59 Å². The van der Waals surface area contributed by atoms with Crippen LogP contribution in [0.25, 0.3) is 5.69 Å². The van der Waals surface area contributed by atoms with Crippen molar-refractivity contribution in [1.82, 2.24) is 14.7 Å². The van der Waals surface area contributed by atoms with E-state index in [2.05, 4.69) is 13.8 Å². The van der Waals surface area contributed by atoms with Crippen molar-refractivity contribution in [2.45, 2.75) is 52.5 Å². The van der Waals surface area contributed by atoms with Crippen molar-refractivity contribution in [1.29, 1.82) is 0 Å². The predicted octanol–water partition coefficient (Wildman–Crippen LogP) is 3.71. The van der Waals surface area contributed by atoms with Gasteiger partial charge in [0.2, 0.25) is 5.91 Å².